The second-order valence-corrected chi connectivity index (χ2v) is 4.42. The topological polar surface area (TPSA) is 81.7 Å². The summed E-state index contributed by atoms with van der Waals surface area (Å²) in [5.41, 5.74) is 0.839. The molecule has 1 atom stereocenters. The van der Waals surface area contributed by atoms with Crippen LogP contribution in [0.5, 0.6) is 0 Å². The van der Waals surface area contributed by atoms with Crippen molar-refractivity contribution in [1.82, 2.24) is 5.32 Å². The van der Waals surface area contributed by atoms with Crippen molar-refractivity contribution in [3.63, 3.8) is 0 Å². The van der Waals surface area contributed by atoms with Gasteiger partial charge in [-0.15, -0.1) is 0 Å². The summed E-state index contributed by atoms with van der Waals surface area (Å²) in [6.45, 7) is 0. The highest BCUT2D eigenvalue weighted by atomic mass is 16.5. The third-order valence-electron chi connectivity index (χ3n) is 2.89. The van der Waals surface area contributed by atoms with E-state index in [0.29, 0.717) is 0 Å². The zero-order valence-corrected chi connectivity index (χ0v) is 12.1. The van der Waals surface area contributed by atoms with E-state index in [4.69, 9.17) is 0 Å². The van der Waals surface area contributed by atoms with E-state index in [9.17, 15) is 14.4 Å². The van der Waals surface area contributed by atoms with Crippen molar-refractivity contribution in [3.05, 3.63) is 35.9 Å². The maximum Gasteiger partial charge on any atom is 0.328 e. The first-order chi connectivity index (χ1) is 10.1. The normalized spacial score (nSPS) is 11.3. The van der Waals surface area contributed by atoms with E-state index in [1.807, 2.05) is 30.3 Å². The number of carbonyl (C=O) groups excluding carboxylic acids is 3. The van der Waals surface area contributed by atoms with Crippen molar-refractivity contribution >= 4 is 17.8 Å². The molecule has 0 saturated heterocycles. The average molecular weight is 293 g/mol. The van der Waals surface area contributed by atoms with Crippen LogP contribution in [0, 0.1) is 0 Å². The van der Waals surface area contributed by atoms with Crippen LogP contribution in [0.2, 0.25) is 0 Å². The number of hydrogen-bond acceptors (Lipinski definition) is 5. The van der Waals surface area contributed by atoms with E-state index >= 15 is 0 Å². The van der Waals surface area contributed by atoms with Crippen LogP contribution in [0.15, 0.2) is 30.3 Å². The average Bonchev–Trinajstić information content (AvgIpc) is 2.51. The molecule has 1 unspecified atom stereocenters. The van der Waals surface area contributed by atoms with E-state index in [1.54, 1.807) is 0 Å². The molecule has 21 heavy (non-hydrogen) atoms. The quantitative estimate of drug-likeness (QED) is 0.753. The van der Waals surface area contributed by atoms with Crippen LogP contribution in [0.3, 0.4) is 0 Å². The fourth-order valence-corrected chi connectivity index (χ4v) is 1.78. The van der Waals surface area contributed by atoms with Crippen molar-refractivity contribution in [2.75, 3.05) is 14.2 Å². The predicted molar refractivity (Wildman–Crippen MR) is 75.3 cm³/mol. The fraction of sp³-hybridized carbons (Fsp3) is 0.400. The molecule has 114 valence electrons. The van der Waals surface area contributed by atoms with Crippen molar-refractivity contribution in [3.8, 4) is 0 Å². The smallest absolute Gasteiger partial charge is 0.328 e. The molecular weight excluding hydrogens is 274 g/mol. The van der Waals surface area contributed by atoms with Crippen LogP contribution in [0.25, 0.3) is 0 Å². The Kier molecular flexibility index (Phi) is 6.94. The summed E-state index contributed by atoms with van der Waals surface area (Å²) < 4.78 is 9.13. The molecule has 1 aromatic carbocycles. The maximum atomic E-state index is 11.9. The molecule has 0 aliphatic heterocycles. The minimum atomic E-state index is -0.856. The van der Waals surface area contributed by atoms with Gasteiger partial charge in [-0.25, -0.2) is 4.79 Å². The largest absolute Gasteiger partial charge is 0.469 e. The number of methoxy groups -OCH3 is 2. The first-order valence-corrected chi connectivity index (χ1v) is 6.54. The van der Waals surface area contributed by atoms with Gasteiger partial charge in [0.15, 0.2) is 0 Å². The lowest BCUT2D eigenvalue weighted by Gasteiger charge is -2.16. The molecule has 0 aromatic heterocycles. The van der Waals surface area contributed by atoms with E-state index in [0.717, 1.165) is 5.56 Å². The fourth-order valence-electron chi connectivity index (χ4n) is 1.78. The molecule has 0 bridgehead atoms. The van der Waals surface area contributed by atoms with Crippen molar-refractivity contribution in [1.29, 1.82) is 0 Å². The molecular formula is C15H19NO5. The van der Waals surface area contributed by atoms with Gasteiger partial charge in [-0.2, -0.15) is 0 Å². The molecule has 0 fully saturated rings. The van der Waals surface area contributed by atoms with E-state index in [1.165, 1.54) is 14.2 Å². The van der Waals surface area contributed by atoms with Crippen LogP contribution in [0.4, 0.5) is 0 Å². The highest BCUT2D eigenvalue weighted by Gasteiger charge is 2.22. The first kappa shape index (κ1) is 16.7. The summed E-state index contributed by atoms with van der Waals surface area (Å²) in [6, 6.07) is 8.30. The molecule has 0 spiro atoms. The number of amides is 1. The highest BCUT2D eigenvalue weighted by Crippen LogP contribution is 2.04. The van der Waals surface area contributed by atoms with Gasteiger partial charge in [-0.3, -0.25) is 9.59 Å². The molecule has 0 saturated carbocycles. The summed E-state index contributed by atoms with van der Waals surface area (Å²) in [6.07, 6.45) is 0.328. The molecule has 1 amide bonds. The van der Waals surface area contributed by atoms with Gasteiger partial charge in [0.25, 0.3) is 0 Å². The Morgan fingerprint density at radius 2 is 1.76 bits per heavy atom. The number of hydrogen-bond donors (Lipinski definition) is 1. The number of ether oxygens (including phenoxy) is 2. The Morgan fingerprint density at radius 1 is 1.10 bits per heavy atom. The molecule has 0 heterocycles. The third-order valence-corrected chi connectivity index (χ3v) is 2.89. The number of esters is 2. The molecule has 0 aliphatic carbocycles. The van der Waals surface area contributed by atoms with Crippen molar-refractivity contribution in [2.45, 2.75) is 25.3 Å². The van der Waals surface area contributed by atoms with Crippen molar-refractivity contribution < 1.29 is 23.9 Å². The summed E-state index contributed by atoms with van der Waals surface area (Å²) in [4.78, 5) is 34.7. The molecule has 6 nitrogen and oxygen atoms in total. The Bertz CT molecular complexity index is 486. The van der Waals surface area contributed by atoms with Crippen LogP contribution in [-0.2, 0) is 30.3 Å². The Morgan fingerprint density at radius 3 is 2.33 bits per heavy atom. The van der Waals surface area contributed by atoms with Crippen molar-refractivity contribution in [2.24, 2.45) is 0 Å². The van der Waals surface area contributed by atoms with Crippen LogP contribution >= 0.6 is 0 Å². The summed E-state index contributed by atoms with van der Waals surface area (Å²) in [5, 5.41) is 2.57. The first-order valence-electron chi connectivity index (χ1n) is 6.54. The van der Waals surface area contributed by atoms with E-state index in [2.05, 4.69) is 14.8 Å². The lowest BCUT2D eigenvalue weighted by Crippen LogP contribution is -2.42. The van der Waals surface area contributed by atoms with Gasteiger partial charge < -0.3 is 14.8 Å². The second-order valence-electron chi connectivity index (χ2n) is 4.42. The number of benzene rings is 1. The minimum Gasteiger partial charge on any atom is -0.469 e. The van der Waals surface area contributed by atoms with Gasteiger partial charge >= 0.3 is 11.9 Å². The molecule has 0 radical (unpaired) electrons. The summed E-state index contributed by atoms with van der Waals surface area (Å²) in [5.74, 6) is -1.33. The summed E-state index contributed by atoms with van der Waals surface area (Å²) in [7, 11) is 2.50. The summed E-state index contributed by atoms with van der Waals surface area (Å²) >= 11 is 0. The zero-order valence-electron chi connectivity index (χ0n) is 12.1. The van der Waals surface area contributed by atoms with Crippen LogP contribution < -0.4 is 5.32 Å². The second kappa shape index (κ2) is 8.73. The van der Waals surface area contributed by atoms with E-state index < -0.39 is 18.0 Å². The Labute approximate surface area is 123 Å². The lowest BCUT2D eigenvalue weighted by molar-refractivity contribution is -0.146. The number of nitrogens with one attached hydrogen (secondary N) is 1. The SMILES string of the molecule is COC(=O)CCC(NC(=O)Cc1ccccc1)C(=O)OC. The molecule has 6 heteroatoms. The standard InChI is InChI=1S/C15H19NO5/c1-20-14(18)9-8-12(15(19)21-2)16-13(17)10-11-6-4-3-5-7-11/h3-7,12H,8-10H2,1-2H3,(H,16,17). The van der Waals surface area contributed by atoms with E-state index in [-0.39, 0.29) is 25.2 Å². The zero-order chi connectivity index (χ0) is 15.7. The van der Waals surface area contributed by atoms with Gasteiger partial charge in [0, 0.05) is 6.42 Å². The van der Waals surface area contributed by atoms with Crippen LogP contribution in [-0.4, -0.2) is 38.1 Å². The highest BCUT2D eigenvalue weighted by molar-refractivity contribution is 5.86. The maximum absolute atomic E-state index is 11.9. The molecule has 1 aromatic rings. The molecule has 1 rings (SSSR count). The predicted octanol–water partition coefficient (Wildman–Crippen LogP) is 0.840. The van der Waals surface area contributed by atoms with Gasteiger partial charge in [0.1, 0.15) is 6.04 Å². The van der Waals surface area contributed by atoms with Gasteiger partial charge in [-0.1, -0.05) is 30.3 Å². The third kappa shape index (κ3) is 6.07. The van der Waals surface area contributed by atoms with Gasteiger partial charge in [0.05, 0.1) is 20.6 Å². The molecule has 1 N–H and O–H groups in total. The lowest BCUT2D eigenvalue weighted by atomic mass is 10.1. The number of rotatable bonds is 7. The number of carbonyl (C=O) groups is 3. The van der Waals surface area contributed by atoms with Crippen LogP contribution in [0.1, 0.15) is 18.4 Å². The Hall–Kier alpha value is -2.37. The minimum absolute atomic E-state index is 0.0296. The molecule has 0 aliphatic rings. The van der Waals surface area contributed by atoms with Gasteiger partial charge in [-0.05, 0) is 12.0 Å². The van der Waals surface area contributed by atoms with Gasteiger partial charge in [0.2, 0.25) is 5.91 Å². The monoisotopic (exact) mass is 293 g/mol. The Balaban J connectivity index is 2.57.